The Bertz CT molecular complexity index is 163. The van der Waals surface area contributed by atoms with Crippen molar-refractivity contribution in [2.24, 2.45) is 0 Å². The lowest BCUT2D eigenvalue weighted by atomic mass is 10.2. The van der Waals surface area contributed by atoms with Crippen molar-refractivity contribution in [3.8, 4) is 0 Å². The summed E-state index contributed by atoms with van der Waals surface area (Å²) < 4.78 is 15.6. The smallest absolute Gasteiger partial charge is 0.147 e. The van der Waals surface area contributed by atoms with Crippen molar-refractivity contribution in [3.05, 3.63) is 0 Å². The first-order valence-corrected chi connectivity index (χ1v) is 5.90. The Labute approximate surface area is 98.0 Å². The van der Waals surface area contributed by atoms with Crippen LogP contribution in [0.4, 0.5) is 0 Å². The molecule has 1 unspecified atom stereocenters. The number of nitrogens with zero attached hydrogens (tertiary/aromatic N) is 1. The molecule has 0 bridgehead atoms. The van der Waals surface area contributed by atoms with Gasteiger partial charge in [0.1, 0.15) is 6.79 Å². The fraction of sp³-hybridized carbons (Fsp3) is 1.00. The predicted molar refractivity (Wildman–Crippen MR) is 62.6 cm³/mol. The molecule has 1 fully saturated rings. The van der Waals surface area contributed by atoms with E-state index in [-0.39, 0.29) is 0 Å². The minimum absolute atomic E-state index is 0.318. The van der Waals surface area contributed by atoms with Crippen LogP contribution in [0.5, 0.6) is 0 Å². The van der Waals surface area contributed by atoms with Crippen LogP contribution in [0.1, 0.15) is 6.42 Å². The molecule has 0 aromatic heterocycles. The van der Waals surface area contributed by atoms with Crippen LogP contribution in [0.25, 0.3) is 0 Å². The summed E-state index contributed by atoms with van der Waals surface area (Å²) in [6.07, 6.45) is 1.31. The normalized spacial score (nSPS) is 21.6. The highest BCUT2D eigenvalue weighted by Gasteiger charge is 2.12. The van der Waals surface area contributed by atoms with E-state index in [2.05, 4.69) is 17.3 Å². The van der Waals surface area contributed by atoms with Crippen molar-refractivity contribution in [1.29, 1.82) is 0 Å². The van der Waals surface area contributed by atoms with Gasteiger partial charge in [0, 0.05) is 33.3 Å². The molecule has 1 atom stereocenters. The van der Waals surface area contributed by atoms with E-state index in [4.69, 9.17) is 14.2 Å². The van der Waals surface area contributed by atoms with Crippen molar-refractivity contribution < 1.29 is 14.2 Å². The van der Waals surface area contributed by atoms with Crippen molar-refractivity contribution >= 4 is 0 Å². The number of nitrogens with one attached hydrogen (secondary N) is 1. The Morgan fingerprint density at radius 1 is 1.44 bits per heavy atom. The second-order valence-electron chi connectivity index (χ2n) is 4.10. The van der Waals surface area contributed by atoms with Gasteiger partial charge in [-0.15, -0.1) is 0 Å². The Morgan fingerprint density at radius 2 is 2.31 bits per heavy atom. The van der Waals surface area contributed by atoms with Crippen LogP contribution in [-0.4, -0.2) is 71.3 Å². The van der Waals surface area contributed by atoms with E-state index in [0.29, 0.717) is 12.9 Å². The number of hydrogen-bond donors (Lipinski definition) is 1. The summed E-state index contributed by atoms with van der Waals surface area (Å²) in [4.78, 5) is 2.25. The monoisotopic (exact) mass is 232 g/mol. The minimum atomic E-state index is 0.318. The van der Waals surface area contributed by atoms with Crippen LogP contribution in [-0.2, 0) is 14.2 Å². The third kappa shape index (κ3) is 6.40. The highest BCUT2D eigenvalue weighted by atomic mass is 16.7. The van der Waals surface area contributed by atoms with Crippen LogP contribution in [0, 0.1) is 0 Å². The molecule has 1 aliphatic rings. The van der Waals surface area contributed by atoms with Gasteiger partial charge in [0.05, 0.1) is 19.3 Å². The van der Waals surface area contributed by atoms with Gasteiger partial charge >= 0.3 is 0 Å². The number of rotatable bonds is 8. The molecule has 1 aliphatic heterocycles. The fourth-order valence-electron chi connectivity index (χ4n) is 1.55. The third-order valence-electron chi connectivity index (χ3n) is 2.69. The lowest BCUT2D eigenvalue weighted by Gasteiger charge is -2.23. The second-order valence-corrected chi connectivity index (χ2v) is 4.10. The zero-order valence-corrected chi connectivity index (χ0v) is 10.4. The summed E-state index contributed by atoms with van der Waals surface area (Å²) in [6.45, 7) is 5.97. The Kier molecular flexibility index (Phi) is 7.71. The zero-order chi connectivity index (χ0) is 11.6. The molecule has 0 saturated carbocycles. The van der Waals surface area contributed by atoms with Crippen LogP contribution < -0.4 is 5.32 Å². The average Bonchev–Trinajstić information content (AvgIpc) is 2.33. The SMILES string of the molecule is COCCN(C)CCNCC1CCOCO1. The topological polar surface area (TPSA) is 43.0 Å². The average molecular weight is 232 g/mol. The lowest BCUT2D eigenvalue weighted by molar-refractivity contribution is -0.137. The first-order chi connectivity index (χ1) is 7.83. The molecule has 0 aromatic rings. The molecule has 0 aromatic carbocycles. The van der Waals surface area contributed by atoms with E-state index in [1.165, 1.54) is 0 Å². The van der Waals surface area contributed by atoms with Gasteiger partial charge in [-0.1, -0.05) is 0 Å². The predicted octanol–water partition coefficient (Wildman–Crippen LogP) is -0.0828. The van der Waals surface area contributed by atoms with E-state index in [0.717, 1.165) is 45.8 Å². The molecule has 1 saturated heterocycles. The second kappa shape index (κ2) is 8.90. The molecule has 0 spiro atoms. The number of methoxy groups -OCH3 is 1. The fourth-order valence-corrected chi connectivity index (χ4v) is 1.55. The third-order valence-corrected chi connectivity index (χ3v) is 2.69. The first-order valence-electron chi connectivity index (χ1n) is 5.90. The van der Waals surface area contributed by atoms with E-state index in [1.807, 2.05) is 0 Å². The van der Waals surface area contributed by atoms with Gasteiger partial charge in [0.15, 0.2) is 0 Å². The van der Waals surface area contributed by atoms with Gasteiger partial charge in [-0.2, -0.15) is 0 Å². The maximum absolute atomic E-state index is 5.43. The number of ether oxygens (including phenoxy) is 3. The van der Waals surface area contributed by atoms with E-state index >= 15 is 0 Å². The lowest BCUT2D eigenvalue weighted by Crippen LogP contribution is -2.38. The molecule has 0 radical (unpaired) electrons. The molecule has 5 heteroatoms. The molecule has 5 nitrogen and oxygen atoms in total. The molecule has 0 aliphatic carbocycles. The van der Waals surface area contributed by atoms with Gasteiger partial charge < -0.3 is 24.4 Å². The minimum Gasteiger partial charge on any atom is -0.383 e. The summed E-state index contributed by atoms with van der Waals surface area (Å²) in [6, 6.07) is 0. The van der Waals surface area contributed by atoms with E-state index < -0.39 is 0 Å². The number of hydrogen-bond acceptors (Lipinski definition) is 5. The molecule has 1 rings (SSSR count). The van der Waals surface area contributed by atoms with Crippen molar-refractivity contribution in [2.75, 3.05) is 60.3 Å². The first kappa shape index (κ1) is 13.9. The van der Waals surface area contributed by atoms with E-state index in [9.17, 15) is 0 Å². The molecular formula is C11H24N2O3. The van der Waals surface area contributed by atoms with E-state index in [1.54, 1.807) is 7.11 Å². The van der Waals surface area contributed by atoms with Gasteiger partial charge in [0.2, 0.25) is 0 Å². The largest absolute Gasteiger partial charge is 0.383 e. The maximum Gasteiger partial charge on any atom is 0.147 e. The van der Waals surface area contributed by atoms with Crippen molar-refractivity contribution in [1.82, 2.24) is 10.2 Å². The molecule has 1 heterocycles. The van der Waals surface area contributed by atoms with Gasteiger partial charge in [-0.05, 0) is 13.5 Å². The van der Waals surface area contributed by atoms with Gasteiger partial charge in [-0.3, -0.25) is 0 Å². The summed E-state index contributed by atoms with van der Waals surface area (Å²) >= 11 is 0. The van der Waals surface area contributed by atoms with Crippen molar-refractivity contribution in [2.45, 2.75) is 12.5 Å². The molecule has 96 valence electrons. The van der Waals surface area contributed by atoms with Crippen LogP contribution in [0.3, 0.4) is 0 Å². The Hall–Kier alpha value is -0.200. The van der Waals surface area contributed by atoms with Gasteiger partial charge in [0.25, 0.3) is 0 Å². The zero-order valence-electron chi connectivity index (χ0n) is 10.4. The molecule has 0 amide bonds. The molecular weight excluding hydrogens is 208 g/mol. The summed E-state index contributed by atoms with van der Waals surface area (Å²) in [7, 11) is 3.83. The standard InChI is InChI=1S/C11H24N2O3/c1-13(6-8-14-2)5-4-12-9-11-3-7-15-10-16-11/h11-12H,3-10H2,1-2H3. The Balaban J connectivity index is 1.90. The quantitative estimate of drug-likeness (QED) is 0.593. The van der Waals surface area contributed by atoms with Gasteiger partial charge in [-0.25, -0.2) is 0 Å². The van der Waals surface area contributed by atoms with Crippen molar-refractivity contribution in [3.63, 3.8) is 0 Å². The summed E-state index contributed by atoms with van der Waals surface area (Å²) in [5.74, 6) is 0. The van der Waals surface area contributed by atoms with Crippen LogP contribution in [0.15, 0.2) is 0 Å². The highest BCUT2D eigenvalue weighted by molar-refractivity contribution is 4.64. The molecule has 16 heavy (non-hydrogen) atoms. The summed E-state index contributed by atoms with van der Waals surface area (Å²) in [5, 5.41) is 3.40. The summed E-state index contributed by atoms with van der Waals surface area (Å²) in [5.41, 5.74) is 0. The van der Waals surface area contributed by atoms with Crippen LogP contribution in [0.2, 0.25) is 0 Å². The van der Waals surface area contributed by atoms with Crippen LogP contribution >= 0.6 is 0 Å². The molecule has 1 N–H and O–H groups in total. The highest BCUT2D eigenvalue weighted by Crippen LogP contribution is 2.03. The number of likely N-dealkylation sites (N-methyl/N-ethyl adjacent to an activating group) is 1. The Morgan fingerprint density at radius 3 is 3.00 bits per heavy atom. The maximum atomic E-state index is 5.43.